The van der Waals surface area contributed by atoms with Crippen molar-refractivity contribution < 1.29 is 4.79 Å². The average Bonchev–Trinajstić information content (AvgIpc) is 2.59. The molecule has 1 aromatic carbocycles. The van der Waals surface area contributed by atoms with Crippen LogP contribution >= 0.6 is 0 Å². The smallest absolute Gasteiger partial charge is 0.318 e. The maximum absolute atomic E-state index is 12.8. The topological polar surface area (TPSA) is 45.2 Å². The predicted molar refractivity (Wildman–Crippen MR) is 95.5 cm³/mol. The summed E-state index contributed by atoms with van der Waals surface area (Å²) in [5.74, 6) is 0.540. The minimum absolute atomic E-state index is 0.0171. The number of carbonyl (C=O) groups excluding carboxylic acids is 1. The number of hydrogen-bond donors (Lipinski definition) is 1. The molecule has 1 aliphatic carbocycles. The first-order valence-corrected chi connectivity index (χ1v) is 8.65. The largest absolute Gasteiger partial charge is 0.331 e. The molecular weight excluding hydrogens is 298 g/mol. The zero-order chi connectivity index (χ0) is 16.9. The summed E-state index contributed by atoms with van der Waals surface area (Å²) in [4.78, 5) is 18.7. The Kier molecular flexibility index (Phi) is 5.14. The monoisotopic (exact) mass is 323 g/mol. The van der Waals surface area contributed by atoms with E-state index in [4.69, 9.17) is 0 Å². The number of amides is 2. The van der Waals surface area contributed by atoms with Crippen LogP contribution in [-0.2, 0) is 0 Å². The van der Waals surface area contributed by atoms with E-state index in [0.29, 0.717) is 5.92 Å². The Morgan fingerprint density at radius 1 is 1.17 bits per heavy atom. The van der Waals surface area contributed by atoms with Crippen molar-refractivity contribution in [2.75, 3.05) is 7.05 Å². The second-order valence-corrected chi connectivity index (χ2v) is 6.60. The molecule has 3 rings (SSSR count). The summed E-state index contributed by atoms with van der Waals surface area (Å²) in [6.45, 7) is 2.03. The molecule has 2 atom stereocenters. The van der Waals surface area contributed by atoms with Gasteiger partial charge >= 0.3 is 6.03 Å². The summed E-state index contributed by atoms with van der Waals surface area (Å²) in [6, 6.07) is 14.2. The second kappa shape index (κ2) is 7.47. The van der Waals surface area contributed by atoms with Crippen molar-refractivity contribution in [1.82, 2.24) is 15.2 Å². The minimum atomic E-state index is -0.0351. The van der Waals surface area contributed by atoms with Crippen molar-refractivity contribution >= 4 is 6.03 Å². The molecule has 0 radical (unpaired) electrons. The van der Waals surface area contributed by atoms with Gasteiger partial charge in [-0.15, -0.1) is 0 Å². The highest BCUT2D eigenvalue weighted by atomic mass is 16.2. The lowest BCUT2D eigenvalue weighted by Crippen LogP contribution is -2.43. The maximum Gasteiger partial charge on any atom is 0.318 e. The number of urea groups is 1. The normalized spacial score (nSPS) is 16.8. The fourth-order valence-electron chi connectivity index (χ4n) is 3.16. The molecule has 0 unspecified atom stereocenters. The highest BCUT2D eigenvalue weighted by molar-refractivity contribution is 5.75. The highest BCUT2D eigenvalue weighted by Crippen LogP contribution is 2.37. The zero-order valence-electron chi connectivity index (χ0n) is 14.4. The van der Waals surface area contributed by atoms with Crippen LogP contribution in [0.15, 0.2) is 54.9 Å². The molecule has 4 nitrogen and oxygen atoms in total. The quantitative estimate of drug-likeness (QED) is 0.890. The first-order chi connectivity index (χ1) is 11.7. The van der Waals surface area contributed by atoms with Crippen molar-refractivity contribution in [1.29, 1.82) is 0 Å². The van der Waals surface area contributed by atoms with Crippen LogP contribution in [0.25, 0.3) is 0 Å². The molecule has 24 heavy (non-hydrogen) atoms. The van der Waals surface area contributed by atoms with Gasteiger partial charge in [-0.25, -0.2) is 4.79 Å². The van der Waals surface area contributed by atoms with Crippen molar-refractivity contribution in [3.63, 3.8) is 0 Å². The Balaban J connectivity index is 1.71. The molecule has 1 aliphatic rings. The number of nitrogens with one attached hydrogen (secondary N) is 1. The molecule has 126 valence electrons. The number of carbonyl (C=O) groups is 1. The molecule has 0 bridgehead atoms. The van der Waals surface area contributed by atoms with Gasteiger partial charge in [0.05, 0.1) is 12.1 Å². The van der Waals surface area contributed by atoms with Crippen LogP contribution in [0.2, 0.25) is 0 Å². The standard InChI is InChI=1S/C20H25N3O/c1-15(18-12-7-13-21-14-18)23(2)20(24)22-19(17-10-6-11-17)16-8-4-3-5-9-16/h3-5,7-9,12-15,17,19H,6,10-11H2,1-2H3,(H,22,24)/t15-,19-/m0/s1. The summed E-state index contributed by atoms with van der Waals surface area (Å²) in [5.41, 5.74) is 2.23. The molecule has 1 aromatic heterocycles. The number of nitrogens with zero attached hydrogens (tertiary/aromatic N) is 2. The Morgan fingerprint density at radius 3 is 2.46 bits per heavy atom. The molecule has 0 spiro atoms. The third-order valence-electron chi connectivity index (χ3n) is 5.13. The van der Waals surface area contributed by atoms with E-state index in [1.165, 1.54) is 24.8 Å². The average molecular weight is 323 g/mol. The molecule has 1 saturated carbocycles. The van der Waals surface area contributed by atoms with E-state index < -0.39 is 0 Å². The van der Waals surface area contributed by atoms with Gasteiger partial charge in [-0.2, -0.15) is 0 Å². The van der Waals surface area contributed by atoms with Gasteiger partial charge in [-0.05, 0) is 42.9 Å². The van der Waals surface area contributed by atoms with E-state index in [0.717, 1.165) is 5.56 Å². The fourth-order valence-corrected chi connectivity index (χ4v) is 3.16. The van der Waals surface area contributed by atoms with Gasteiger partial charge in [-0.1, -0.05) is 42.8 Å². The molecule has 2 aromatic rings. The van der Waals surface area contributed by atoms with Gasteiger partial charge in [0.1, 0.15) is 0 Å². The first-order valence-electron chi connectivity index (χ1n) is 8.65. The predicted octanol–water partition coefficient (Wildman–Crippen LogP) is 4.33. The first kappa shape index (κ1) is 16.5. The van der Waals surface area contributed by atoms with Gasteiger partial charge in [0.25, 0.3) is 0 Å². The SMILES string of the molecule is C[C@@H](c1cccnc1)N(C)C(=O)N[C@@H](c1ccccc1)C1CCC1. The van der Waals surface area contributed by atoms with Crippen LogP contribution in [-0.4, -0.2) is 23.0 Å². The molecule has 1 heterocycles. The lowest BCUT2D eigenvalue weighted by molar-refractivity contribution is 0.172. The van der Waals surface area contributed by atoms with E-state index in [2.05, 4.69) is 22.4 Å². The van der Waals surface area contributed by atoms with E-state index in [1.54, 1.807) is 11.1 Å². The number of rotatable bonds is 5. The van der Waals surface area contributed by atoms with E-state index in [9.17, 15) is 4.79 Å². The Morgan fingerprint density at radius 2 is 1.88 bits per heavy atom. The number of aromatic nitrogens is 1. The number of pyridine rings is 1. The minimum Gasteiger partial charge on any atom is -0.331 e. The molecular formula is C20H25N3O. The van der Waals surface area contributed by atoms with Crippen LogP contribution < -0.4 is 5.32 Å². The second-order valence-electron chi connectivity index (χ2n) is 6.60. The van der Waals surface area contributed by atoms with E-state index in [-0.39, 0.29) is 18.1 Å². The fraction of sp³-hybridized carbons (Fsp3) is 0.400. The summed E-state index contributed by atoms with van der Waals surface area (Å²) < 4.78 is 0. The number of benzene rings is 1. The van der Waals surface area contributed by atoms with Crippen molar-refractivity contribution in [2.24, 2.45) is 5.92 Å². The third-order valence-corrected chi connectivity index (χ3v) is 5.13. The third kappa shape index (κ3) is 3.58. The summed E-state index contributed by atoms with van der Waals surface area (Å²) in [6.07, 6.45) is 7.18. The Hall–Kier alpha value is -2.36. The summed E-state index contributed by atoms with van der Waals surface area (Å²) >= 11 is 0. The molecule has 2 amide bonds. The molecule has 0 aliphatic heterocycles. The molecule has 0 saturated heterocycles. The van der Waals surface area contributed by atoms with Crippen molar-refractivity contribution in [2.45, 2.75) is 38.3 Å². The Bertz CT molecular complexity index is 655. The van der Waals surface area contributed by atoms with E-state index >= 15 is 0 Å². The summed E-state index contributed by atoms with van der Waals surface area (Å²) in [7, 11) is 1.84. The van der Waals surface area contributed by atoms with Crippen LogP contribution in [0.5, 0.6) is 0 Å². The van der Waals surface area contributed by atoms with Gasteiger partial charge < -0.3 is 10.2 Å². The van der Waals surface area contributed by atoms with Crippen molar-refractivity contribution in [3.8, 4) is 0 Å². The number of hydrogen-bond acceptors (Lipinski definition) is 2. The Labute approximate surface area is 143 Å². The summed E-state index contributed by atoms with van der Waals surface area (Å²) in [5, 5.41) is 3.25. The lowest BCUT2D eigenvalue weighted by Gasteiger charge is -2.36. The van der Waals surface area contributed by atoms with Gasteiger partial charge in [0, 0.05) is 19.4 Å². The molecule has 1 fully saturated rings. The lowest BCUT2D eigenvalue weighted by atomic mass is 9.77. The molecule has 4 heteroatoms. The highest BCUT2D eigenvalue weighted by Gasteiger charge is 2.31. The van der Waals surface area contributed by atoms with Crippen LogP contribution in [0.3, 0.4) is 0 Å². The van der Waals surface area contributed by atoms with Gasteiger partial charge in [-0.3, -0.25) is 4.98 Å². The van der Waals surface area contributed by atoms with Crippen LogP contribution in [0, 0.1) is 5.92 Å². The molecule has 1 N–H and O–H groups in total. The van der Waals surface area contributed by atoms with E-state index in [1.807, 2.05) is 50.5 Å². The van der Waals surface area contributed by atoms with Crippen molar-refractivity contribution in [3.05, 3.63) is 66.0 Å². The van der Waals surface area contributed by atoms with Gasteiger partial charge in [0.15, 0.2) is 0 Å². The van der Waals surface area contributed by atoms with Crippen LogP contribution in [0.4, 0.5) is 4.79 Å². The maximum atomic E-state index is 12.8. The van der Waals surface area contributed by atoms with Crippen LogP contribution in [0.1, 0.15) is 49.4 Å². The van der Waals surface area contributed by atoms with Gasteiger partial charge in [0.2, 0.25) is 0 Å². The zero-order valence-corrected chi connectivity index (χ0v) is 14.4.